The second-order valence-electron chi connectivity index (χ2n) is 6.38. The summed E-state index contributed by atoms with van der Waals surface area (Å²) < 4.78 is 33.1. The number of hydrogen-bond acceptors (Lipinski definition) is 5. The van der Waals surface area contributed by atoms with E-state index in [1.807, 2.05) is 0 Å². The highest BCUT2D eigenvalue weighted by atomic mass is 79.9. The van der Waals surface area contributed by atoms with Crippen LogP contribution >= 0.6 is 27.5 Å². The van der Waals surface area contributed by atoms with Gasteiger partial charge in [0.25, 0.3) is 0 Å². The van der Waals surface area contributed by atoms with Gasteiger partial charge in [0, 0.05) is 22.6 Å². The van der Waals surface area contributed by atoms with Crippen molar-refractivity contribution in [1.29, 1.82) is 0 Å². The van der Waals surface area contributed by atoms with Gasteiger partial charge in [0.05, 0.1) is 18.0 Å². The number of nitrogens with one attached hydrogen (secondary N) is 2. The summed E-state index contributed by atoms with van der Waals surface area (Å²) in [7, 11) is -3.80. The minimum atomic E-state index is -3.80. The van der Waals surface area contributed by atoms with Crippen LogP contribution in [-0.4, -0.2) is 50.5 Å². The van der Waals surface area contributed by atoms with E-state index in [1.54, 1.807) is 36.4 Å². The molecule has 2 amide bonds. The van der Waals surface area contributed by atoms with Gasteiger partial charge in [-0.05, 0) is 35.9 Å². The fourth-order valence-electron chi connectivity index (χ4n) is 2.84. The van der Waals surface area contributed by atoms with Crippen molar-refractivity contribution >= 4 is 49.4 Å². The van der Waals surface area contributed by atoms with Crippen molar-refractivity contribution in [2.45, 2.75) is 17.7 Å². The van der Waals surface area contributed by atoms with Crippen LogP contribution in [0.15, 0.2) is 57.9 Å². The Morgan fingerprint density at radius 1 is 1.10 bits per heavy atom. The third-order valence-corrected chi connectivity index (χ3v) is 7.20. The molecule has 1 saturated heterocycles. The fourth-order valence-corrected chi connectivity index (χ4v) is 4.82. The van der Waals surface area contributed by atoms with Gasteiger partial charge in [-0.15, -0.1) is 0 Å². The van der Waals surface area contributed by atoms with Gasteiger partial charge in [-0.25, -0.2) is 8.42 Å². The Kier molecular flexibility index (Phi) is 7.48. The molecule has 0 unspecified atom stereocenters. The van der Waals surface area contributed by atoms with Crippen LogP contribution in [0.3, 0.4) is 0 Å². The molecule has 1 heterocycles. The van der Waals surface area contributed by atoms with Gasteiger partial charge in [-0.3, -0.25) is 9.59 Å². The zero-order chi connectivity index (χ0) is 21.7. The molecule has 160 valence electrons. The Bertz CT molecular complexity index is 1030. The highest BCUT2D eigenvalue weighted by molar-refractivity contribution is 9.10. The number of halogens is 2. The number of ether oxygens (including phenoxy) is 1. The van der Waals surface area contributed by atoms with E-state index < -0.39 is 28.1 Å². The number of amides is 2. The Morgan fingerprint density at radius 3 is 2.47 bits per heavy atom. The molecular weight excluding hydrogens is 498 g/mol. The van der Waals surface area contributed by atoms with Crippen molar-refractivity contribution in [3.8, 4) is 0 Å². The van der Waals surface area contributed by atoms with Crippen molar-refractivity contribution < 1.29 is 22.7 Å². The first kappa shape index (κ1) is 22.7. The molecule has 8 nitrogen and oxygen atoms in total. The van der Waals surface area contributed by atoms with Crippen LogP contribution in [0.5, 0.6) is 0 Å². The molecule has 2 aromatic rings. The van der Waals surface area contributed by atoms with Crippen LogP contribution < -0.4 is 10.6 Å². The molecule has 30 heavy (non-hydrogen) atoms. The van der Waals surface area contributed by atoms with E-state index in [-0.39, 0.29) is 31.1 Å². The summed E-state index contributed by atoms with van der Waals surface area (Å²) >= 11 is 9.29. The molecule has 1 aliphatic rings. The molecule has 0 bridgehead atoms. The van der Waals surface area contributed by atoms with Crippen molar-refractivity contribution in [2.75, 3.05) is 19.7 Å². The molecule has 2 aromatic carbocycles. The van der Waals surface area contributed by atoms with E-state index in [0.717, 1.165) is 8.78 Å². The molecule has 0 saturated carbocycles. The van der Waals surface area contributed by atoms with Crippen LogP contribution in [0.4, 0.5) is 0 Å². The maximum Gasteiger partial charge on any atom is 0.309 e. The summed E-state index contributed by atoms with van der Waals surface area (Å²) in [6, 6.07) is 13.2. The van der Waals surface area contributed by atoms with Crippen LogP contribution in [0.1, 0.15) is 5.56 Å². The summed E-state index contributed by atoms with van der Waals surface area (Å²) in [6.07, 6.45) is -0.904. The first-order valence-electron chi connectivity index (χ1n) is 8.97. The predicted molar refractivity (Wildman–Crippen MR) is 114 cm³/mol. The Balaban J connectivity index is 1.56. The quantitative estimate of drug-likeness (QED) is 0.571. The van der Waals surface area contributed by atoms with Gasteiger partial charge in [0.2, 0.25) is 10.0 Å². The third-order valence-electron chi connectivity index (χ3n) is 4.40. The molecule has 0 radical (unpaired) electrons. The maximum absolute atomic E-state index is 12.9. The predicted octanol–water partition coefficient (Wildman–Crippen LogP) is 1.88. The SMILES string of the molecule is O=C(NCc1ccccc1Cl)C(=O)NC[C@@H]1OCCN1S(=O)(=O)c1ccc(Br)cc1. The number of carbonyl (C=O) groups is 2. The smallest absolute Gasteiger partial charge is 0.309 e. The number of hydrogen-bond donors (Lipinski definition) is 2. The molecule has 11 heteroatoms. The van der Waals surface area contributed by atoms with Crippen molar-refractivity contribution in [2.24, 2.45) is 0 Å². The van der Waals surface area contributed by atoms with Crippen molar-refractivity contribution in [1.82, 2.24) is 14.9 Å². The Morgan fingerprint density at radius 2 is 1.77 bits per heavy atom. The zero-order valence-corrected chi connectivity index (χ0v) is 18.8. The van der Waals surface area contributed by atoms with Crippen LogP contribution in [0, 0.1) is 0 Å². The topological polar surface area (TPSA) is 105 Å². The molecule has 2 N–H and O–H groups in total. The summed E-state index contributed by atoms with van der Waals surface area (Å²) in [5.41, 5.74) is 0.672. The standard InChI is InChI=1S/C19H19BrClN3O5S/c20-14-5-7-15(8-6-14)30(27,28)24-9-10-29-17(24)12-23-19(26)18(25)22-11-13-3-1-2-4-16(13)21/h1-8,17H,9-12H2,(H,22,25)(H,23,26)/t17-/m0/s1. The van der Waals surface area contributed by atoms with Gasteiger partial charge in [0.15, 0.2) is 0 Å². The normalized spacial score (nSPS) is 16.9. The lowest BCUT2D eigenvalue weighted by molar-refractivity contribution is -0.139. The van der Waals surface area contributed by atoms with E-state index in [2.05, 4.69) is 26.6 Å². The third kappa shape index (κ3) is 5.38. The monoisotopic (exact) mass is 515 g/mol. The average Bonchev–Trinajstić information content (AvgIpc) is 3.21. The summed E-state index contributed by atoms with van der Waals surface area (Å²) in [5, 5.41) is 5.37. The second kappa shape index (κ2) is 9.88. The maximum atomic E-state index is 12.9. The highest BCUT2D eigenvalue weighted by Crippen LogP contribution is 2.23. The first-order valence-corrected chi connectivity index (χ1v) is 11.6. The molecule has 3 rings (SSSR count). The Labute approximate surface area is 187 Å². The minimum absolute atomic E-state index is 0.0932. The van der Waals surface area contributed by atoms with Gasteiger partial charge in [0.1, 0.15) is 6.23 Å². The summed E-state index contributed by atoms with van der Waals surface area (Å²) in [5.74, 6) is -1.74. The van der Waals surface area contributed by atoms with Crippen LogP contribution in [-0.2, 0) is 30.9 Å². The lowest BCUT2D eigenvalue weighted by atomic mass is 10.2. The number of nitrogens with zero attached hydrogens (tertiary/aromatic N) is 1. The van der Waals surface area contributed by atoms with E-state index >= 15 is 0 Å². The Hall–Kier alpha value is -1.98. The van der Waals surface area contributed by atoms with Crippen molar-refractivity contribution in [3.05, 3.63) is 63.6 Å². The van der Waals surface area contributed by atoms with E-state index in [1.165, 1.54) is 12.1 Å². The van der Waals surface area contributed by atoms with Crippen LogP contribution in [0.25, 0.3) is 0 Å². The molecule has 0 aromatic heterocycles. The molecule has 1 atom stereocenters. The second-order valence-corrected chi connectivity index (χ2v) is 9.59. The average molecular weight is 517 g/mol. The molecule has 1 aliphatic heterocycles. The van der Waals surface area contributed by atoms with Gasteiger partial charge >= 0.3 is 11.8 Å². The van der Waals surface area contributed by atoms with Crippen LogP contribution in [0.2, 0.25) is 5.02 Å². The lowest BCUT2D eigenvalue weighted by Gasteiger charge is -2.22. The first-order chi connectivity index (χ1) is 14.3. The van der Waals surface area contributed by atoms with Gasteiger partial charge < -0.3 is 15.4 Å². The molecule has 0 aliphatic carbocycles. The van der Waals surface area contributed by atoms with Gasteiger partial charge in [-0.2, -0.15) is 4.31 Å². The van der Waals surface area contributed by atoms with E-state index in [4.69, 9.17) is 16.3 Å². The highest BCUT2D eigenvalue weighted by Gasteiger charge is 2.36. The number of sulfonamides is 1. The van der Waals surface area contributed by atoms with Crippen molar-refractivity contribution in [3.63, 3.8) is 0 Å². The summed E-state index contributed by atoms with van der Waals surface area (Å²) in [4.78, 5) is 24.2. The zero-order valence-electron chi connectivity index (χ0n) is 15.7. The largest absolute Gasteiger partial charge is 0.359 e. The number of benzene rings is 2. The van der Waals surface area contributed by atoms with E-state index in [9.17, 15) is 18.0 Å². The fraction of sp³-hybridized carbons (Fsp3) is 0.263. The van der Waals surface area contributed by atoms with E-state index in [0.29, 0.717) is 10.6 Å². The minimum Gasteiger partial charge on any atom is -0.359 e. The lowest BCUT2D eigenvalue weighted by Crippen LogP contribution is -2.47. The molecule has 0 spiro atoms. The van der Waals surface area contributed by atoms with Gasteiger partial charge in [-0.1, -0.05) is 45.7 Å². The molecular formula is C19H19BrClN3O5S. The number of carbonyl (C=O) groups excluding carboxylic acids is 2. The summed E-state index contributed by atoms with van der Waals surface area (Å²) in [6.45, 7) is 0.274. The number of rotatable bonds is 6. The molecule has 1 fully saturated rings.